The average molecular weight is 270 g/mol. The average Bonchev–Trinajstić information content (AvgIpc) is 2.58. The fourth-order valence-corrected chi connectivity index (χ4v) is 2.61. The maximum atomic E-state index is 5.89. The molecule has 1 fully saturated rings. The van der Waals surface area contributed by atoms with Crippen molar-refractivity contribution in [1.82, 2.24) is 4.98 Å². The third-order valence-corrected chi connectivity index (χ3v) is 3.72. The Morgan fingerprint density at radius 1 is 1.47 bits per heavy atom. The lowest BCUT2D eigenvalue weighted by Crippen LogP contribution is -2.22. The van der Waals surface area contributed by atoms with Crippen LogP contribution in [0.15, 0.2) is 16.9 Å². The fourth-order valence-electron chi connectivity index (χ4n) is 2.15. The van der Waals surface area contributed by atoms with Gasteiger partial charge in [-0.05, 0) is 34.7 Å². The molecule has 3 N–H and O–H groups in total. The van der Waals surface area contributed by atoms with Gasteiger partial charge in [0.1, 0.15) is 0 Å². The molecule has 1 aliphatic carbocycles. The van der Waals surface area contributed by atoms with Gasteiger partial charge in [-0.25, -0.2) is 0 Å². The largest absolute Gasteiger partial charge is 0.396 e. The van der Waals surface area contributed by atoms with Crippen LogP contribution in [0.4, 0.5) is 11.4 Å². The lowest BCUT2D eigenvalue weighted by molar-refractivity contribution is 0.556. The molecule has 3 nitrogen and oxygen atoms in total. The maximum absolute atomic E-state index is 5.89. The van der Waals surface area contributed by atoms with Crippen LogP contribution in [-0.2, 0) is 0 Å². The van der Waals surface area contributed by atoms with Gasteiger partial charge in [-0.15, -0.1) is 0 Å². The number of rotatable bonds is 2. The molecule has 1 saturated carbocycles. The van der Waals surface area contributed by atoms with Gasteiger partial charge in [0.05, 0.1) is 22.0 Å². The second-order valence-electron chi connectivity index (χ2n) is 4.24. The molecule has 4 heteroatoms. The first-order valence-electron chi connectivity index (χ1n) is 5.34. The highest BCUT2D eigenvalue weighted by Crippen LogP contribution is 2.33. The number of nitrogens with zero attached hydrogens (tertiary/aromatic N) is 1. The van der Waals surface area contributed by atoms with Crippen LogP contribution in [0.2, 0.25) is 0 Å². The van der Waals surface area contributed by atoms with E-state index in [1.54, 1.807) is 12.4 Å². The number of anilines is 2. The van der Waals surface area contributed by atoms with Gasteiger partial charge in [-0.1, -0.05) is 13.3 Å². The van der Waals surface area contributed by atoms with Crippen LogP contribution >= 0.6 is 15.9 Å². The van der Waals surface area contributed by atoms with E-state index < -0.39 is 0 Å². The van der Waals surface area contributed by atoms with Crippen LogP contribution in [0.25, 0.3) is 0 Å². The van der Waals surface area contributed by atoms with E-state index in [9.17, 15) is 0 Å². The number of nitrogens with two attached hydrogens (primary N) is 1. The summed E-state index contributed by atoms with van der Waals surface area (Å²) in [5.74, 6) is 0.726. The van der Waals surface area contributed by atoms with Gasteiger partial charge in [0.2, 0.25) is 0 Å². The Morgan fingerprint density at radius 3 is 2.87 bits per heavy atom. The molecule has 2 atom stereocenters. The second kappa shape index (κ2) is 4.39. The smallest absolute Gasteiger partial charge is 0.0752 e. The van der Waals surface area contributed by atoms with Crippen molar-refractivity contribution in [3.8, 4) is 0 Å². The fraction of sp³-hybridized carbons (Fsp3) is 0.545. The van der Waals surface area contributed by atoms with Gasteiger partial charge in [-0.2, -0.15) is 0 Å². The summed E-state index contributed by atoms with van der Waals surface area (Å²) in [5, 5.41) is 3.52. The lowest BCUT2D eigenvalue weighted by Gasteiger charge is -2.20. The molecule has 0 saturated heterocycles. The van der Waals surface area contributed by atoms with Gasteiger partial charge >= 0.3 is 0 Å². The molecule has 82 valence electrons. The molecular weight excluding hydrogens is 254 g/mol. The van der Waals surface area contributed by atoms with E-state index in [1.807, 2.05) is 0 Å². The molecule has 1 heterocycles. The first kappa shape index (κ1) is 10.7. The predicted molar refractivity (Wildman–Crippen MR) is 66.8 cm³/mol. The molecular formula is C11H16BrN3. The summed E-state index contributed by atoms with van der Waals surface area (Å²) < 4.78 is 0.946. The first-order valence-corrected chi connectivity index (χ1v) is 6.13. The summed E-state index contributed by atoms with van der Waals surface area (Å²) in [6.07, 6.45) is 7.31. The number of aromatic nitrogens is 1. The zero-order chi connectivity index (χ0) is 10.8. The molecule has 0 aromatic carbocycles. The van der Waals surface area contributed by atoms with E-state index in [1.165, 1.54) is 19.3 Å². The molecule has 2 rings (SSSR count). The summed E-state index contributed by atoms with van der Waals surface area (Å²) in [5.41, 5.74) is 7.59. The number of halogens is 1. The van der Waals surface area contributed by atoms with Gasteiger partial charge in [-0.3, -0.25) is 4.98 Å². The van der Waals surface area contributed by atoms with Crippen LogP contribution in [0.5, 0.6) is 0 Å². The minimum atomic E-state index is 0.547. The standard InChI is InChI=1S/C11H16BrN3/c1-7-3-2-4-10(7)15-11-8(12)5-14-6-9(11)13/h5-7,10H,2-4,13H2,1H3,(H,14,15). The van der Waals surface area contributed by atoms with Crippen LogP contribution in [0, 0.1) is 5.92 Å². The van der Waals surface area contributed by atoms with E-state index in [2.05, 4.69) is 33.2 Å². The minimum absolute atomic E-state index is 0.547. The predicted octanol–water partition coefficient (Wildman–Crippen LogP) is 3.03. The molecule has 0 aliphatic heterocycles. The quantitative estimate of drug-likeness (QED) is 0.868. The topological polar surface area (TPSA) is 50.9 Å². The van der Waals surface area contributed by atoms with Crippen molar-refractivity contribution in [2.24, 2.45) is 5.92 Å². The maximum Gasteiger partial charge on any atom is 0.0752 e. The zero-order valence-electron chi connectivity index (χ0n) is 8.83. The van der Waals surface area contributed by atoms with Crippen molar-refractivity contribution in [1.29, 1.82) is 0 Å². The highest BCUT2D eigenvalue weighted by atomic mass is 79.9. The zero-order valence-corrected chi connectivity index (χ0v) is 10.4. The number of nitrogen functional groups attached to an aromatic ring is 1. The van der Waals surface area contributed by atoms with Crippen molar-refractivity contribution < 1.29 is 0 Å². The Morgan fingerprint density at radius 2 is 2.27 bits per heavy atom. The van der Waals surface area contributed by atoms with Gasteiger partial charge in [0, 0.05) is 12.2 Å². The summed E-state index contributed by atoms with van der Waals surface area (Å²) in [6.45, 7) is 2.29. The van der Waals surface area contributed by atoms with Crippen LogP contribution < -0.4 is 11.1 Å². The number of pyridine rings is 1. The minimum Gasteiger partial charge on any atom is -0.396 e. The molecule has 1 aromatic heterocycles. The second-order valence-corrected chi connectivity index (χ2v) is 5.10. The van der Waals surface area contributed by atoms with Crippen LogP contribution in [-0.4, -0.2) is 11.0 Å². The molecule has 0 radical (unpaired) electrons. The summed E-state index contributed by atoms with van der Waals surface area (Å²) in [6, 6.07) is 0.547. The van der Waals surface area contributed by atoms with Crippen molar-refractivity contribution in [2.75, 3.05) is 11.1 Å². The Kier molecular flexibility index (Phi) is 3.14. The van der Waals surface area contributed by atoms with E-state index >= 15 is 0 Å². The molecule has 0 amide bonds. The van der Waals surface area contributed by atoms with Crippen molar-refractivity contribution in [3.63, 3.8) is 0 Å². The molecule has 0 bridgehead atoms. The summed E-state index contributed by atoms with van der Waals surface area (Å²) in [7, 11) is 0. The SMILES string of the molecule is CC1CCCC1Nc1c(N)cncc1Br. The van der Waals surface area contributed by atoms with E-state index in [4.69, 9.17) is 5.73 Å². The Balaban J connectivity index is 2.16. The normalized spacial score (nSPS) is 25.5. The number of hydrogen-bond acceptors (Lipinski definition) is 3. The van der Waals surface area contributed by atoms with Gasteiger partial charge in [0.15, 0.2) is 0 Å². The number of hydrogen-bond donors (Lipinski definition) is 2. The summed E-state index contributed by atoms with van der Waals surface area (Å²) in [4.78, 5) is 4.03. The lowest BCUT2D eigenvalue weighted by atomic mass is 10.1. The van der Waals surface area contributed by atoms with E-state index in [0.717, 1.165) is 16.1 Å². The van der Waals surface area contributed by atoms with E-state index in [0.29, 0.717) is 11.7 Å². The van der Waals surface area contributed by atoms with Crippen molar-refractivity contribution in [2.45, 2.75) is 32.2 Å². The Hall–Kier alpha value is -0.770. The highest BCUT2D eigenvalue weighted by Gasteiger charge is 2.24. The molecule has 1 aromatic rings. The molecule has 1 aliphatic rings. The van der Waals surface area contributed by atoms with Crippen LogP contribution in [0.1, 0.15) is 26.2 Å². The number of nitrogens with one attached hydrogen (secondary N) is 1. The molecule has 0 spiro atoms. The Labute approximate surface area is 98.6 Å². The molecule has 15 heavy (non-hydrogen) atoms. The van der Waals surface area contributed by atoms with Crippen LogP contribution in [0.3, 0.4) is 0 Å². The third kappa shape index (κ3) is 2.25. The van der Waals surface area contributed by atoms with Gasteiger partial charge in [0.25, 0.3) is 0 Å². The van der Waals surface area contributed by atoms with Gasteiger partial charge < -0.3 is 11.1 Å². The monoisotopic (exact) mass is 269 g/mol. The van der Waals surface area contributed by atoms with E-state index in [-0.39, 0.29) is 0 Å². The van der Waals surface area contributed by atoms with Crippen molar-refractivity contribution in [3.05, 3.63) is 16.9 Å². The Bertz CT molecular complexity index is 333. The van der Waals surface area contributed by atoms with Crippen molar-refractivity contribution >= 4 is 27.3 Å². The first-order chi connectivity index (χ1) is 7.18. The third-order valence-electron chi connectivity index (χ3n) is 3.12. The highest BCUT2D eigenvalue weighted by molar-refractivity contribution is 9.10. The molecule has 2 unspecified atom stereocenters. The summed E-state index contributed by atoms with van der Waals surface area (Å²) >= 11 is 3.47.